The summed E-state index contributed by atoms with van der Waals surface area (Å²) >= 11 is 0. The molecule has 0 bridgehead atoms. The Morgan fingerprint density at radius 2 is 1.45 bits per heavy atom. The van der Waals surface area contributed by atoms with Crippen molar-refractivity contribution in [3.63, 3.8) is 0 Å². The van der Waals surface area contributed by atoms with Crippen molar-refractivity contribution in [1.29, 1.82) is 0 Å². The lowest BCUT2D eigenvalue weighted by atomic mass is 10.0. The number of benzene rings is 3. The first-order valence-corrected chi connectivity index (χ1v) is 7.32. The lowest BCUT2D eigenvalue weighted by Gasteiger charge is -2.09. The van der Waals surface area contributed by atoms with Crippen LogP contribution < -0.4 is 4.74 Å². The summed E-state index contributed by atoms with van der Waals surface area (Å²) in [6, 6.07) is 26.1. The number of hydrogen-bond acceptors (Lipinski definition) is 2. The monoisotopic (exact) mass is 290 g/mol. The van der Waals surface area contributed by atoms with Crippen LogP contribution in [0.3, 0.4) is 0 Å². The highest BCUT2D eigenvalue weighted by molar-refractivity contribution is 5.65. The molecule has 2 nitrogen and oxygen atoms in total. The Bertz CT molecular complexity index is 718. The van der Waals surface area contributed by atoms with Gasteiger partial charge in [-0.05, 0) is 34.4 Å². The van der Waals surface area contributed by atoms with E-state index < -0.39 is 0 Å². The molecule has 0 aliphatic rings. The topological polar surface area (TPSA) is 29.5 Å². The Balaban J connectivity index is 1.74. The lowest BCUT2D eigenvalue weighted by Crippen LogP contribution is -1.95. The zero-order valence-electron chi connectivity index (χ0n) is 12.3. The molecule has 0 amide bonds. The largest absolute Gasteiger partial charge is 0.489 e. The second-order valence-electron chi connectivity index (χ2n) is 5.16. The molecule has 22 heavy (non-hydrogen) atoms. The van der Waals surface area contributed by atoms with Crippen LogP contribution in [0.15, 0.2) is 78.9 Å². The molecule has 0 unspecified atom stereocenters. The van der Waals surface area contributed by atoms with Crippen molar-refractivity contribution in [3.8, 4) is 16.9 Å². The van der Waals surface area contributed by atoms with Crippen LogP contribution in [-0.2, 0) is 13.2 Å². The fourth-order valence-electron chi connectivity index (χ4n) is 2.31. The number of aliphatic hydroxyl groups is 1. The van der Waals surface area contributed by atoms with E-state index in [2.05, 4.69) is 18.2 Å². The first-order chi connectivity index (χ1) is 10.8. The van der Waals surface area contributed by atoms with Gasteiger partial charge in [0.25, 0.3) is 0 Å². The fourth-order valence-corrected chi connectivity index (χ4v) is 2.31. The molecule has 0 aromatic heterocycles. The summed E-state index contributed by atoms with van der Waals surface area (Å²) in [7, 11) is 0. The third-order valence-corrected chi connectivity index (χ3v) is 3.55. The fraction of sp³-hybridized carbons (Fsp3) is 0.100. The highest BCUT2D eigenvalue weighted by atomic mass is 16.5. The molecule has 0 saturated heterocycles. The Labute approximate surface area is 130 Å². The molecule has 2 heteroatoms. The number of aliphatic hydroxyl groups excluding tert-OH is 1. The van der Waals surface area contributed by atoms with E-state index in [0.717, 1.165) is 28.0 Å². The van der Waals surface area contributed by atoms with Crippen molar-refractivity contribution in [2.45, 2.75) is 13.2 Å². The molecule has 1 N–H and O–H groups in total. The van der Waals surface area contributed by atoms with E-state index in [1.807, 2.05) is 60.7 Å². The van der Waals surface area contributed by atoms with Gasteiger partial charge in [0, 0.05) is 0 Å². The Hall–Kier alpha value is -2.58. The molecule has 3 aromatic carbocycles. The van der Waals surface area contributed by atoms with Crippen LogP contribution in [0.4, 0.5) is 0 Å². The number of rotatable bonds is 5. The van der Waals surface area contributed by atoms with Gasteiger partial charge in [-0.1, -0.05) is 66.7 Å². The molecule has 0 spiro atoms. The predicted octanol–water partition coefficient (Wildman–Crippen LogP) is 4.42. The van der Waals surface area contributed by atoms with Gasteiger partial charge < -0.3 is 9.84 Å². The van der Waals surface area contributed by atoms with Crippen LogP contribution in [0.1, 0.15) is 11.1 Å². The van der Waals surface area contributed by atoms with E-state index in [-0.39, 0.29) is 6.61 Å². The van der Waals surface area contributed by atoms with E-state index in [1.54, 1.807) is 0 Å². The quantitative estimate of drug-likeness (QED) is 0.753. The average Bonchev–Trinajstić information content (AvgIpc) is 2.61. The highest BCUT2D eigenvalue weighted by Gasteiger charge is 2.01. The van der Waals surface area contributed by atoms with Crippen molar-refractivity contribution in [1.82, 2.24) is 0 Å². The van der Waals surface area contributed by atoms with Gasteiger partial charge in [-0.2, -0.15) is 0 Å². The van der Waals surface area contributed by atoms with E-state index in [4.69, 9.17) is 9.84 Å². The number of hydrogen-bond donors (Lipinski definition) is 1. The van der Waals surface area contributed by atoms with Gasteiger partial charge in [-0.3, -0.25) is 0 Å². The van der Waals surface area contributed by atoms with Crippen LogP contribution in [0.5, 0.6) is 5.75 Å². The molecule has 0 heterocycles. The highest BCUT2D eigenvalue weighted by Crippen LogP contribution is 2.24. The molecule has 0 fully saturated rings. The first kappa shape index (κ1) is 14.4. The third kappa shape index (κ3) is 3.54. The van der Waals surface area contributed by atoms with Crippen molar-refractivity contribution >= 4 is 0 Å². The Morgan fingerprint density at radius 3 is 2.18 bits per heavy atom. The molecule has 3 aromatic rings. The van der Waals surface area contributed by atoms with Gasteiger partial charge in [0.2, 0.25) is 0 Å². The summed E-state index contributed by atoms with van der Waals surface area (Å²) in [5, 5.41) is 9.10. The summed E-state index contributed by atoms with van der Waals surface area (Å²) < 4.78 is 5.86. The number of ether oxygens (including phenoxy) is 1. The van der Waals surface area contributed by atoms with E-state index in [1.165, 1.54) is 0 Å². The van der Waals surface area contributed by atoms with Crippen LogP contribution in [0, 0.1) is 0 Å². The second-order valence-corrected chi connectivity index (χ2v) is 5.16. The van der Waals surface area contributed by atoms with Gasteiger partial charge >= 0.3 is 0 Å². The smallest absolute Gasteiger partial charge is 0.120 e. The minimum Gasteiger partial charge on any atom is -0.489 e. The van der Waals surface area contributed by atoms with Crippen LogP contribution in [-0.4, -0.2) is 5.11 Å². The Kier molecular flexibility index (Phi) is 4.52. The standard InChI is InChI=1S/C20H18O2/c21-14-16-9-11-18(12-10-16)19-7-4-8-20(13-19)22-15-17-5-2-1-3-6-17/h1-13,21H,14-15H2. The van der Waals surface area contributed by atoms with Crippen molar-refractivity contribution in [3.05, 3.63) is 90.0 Å². The van der Waals surface area contributed by atoms with Gasteiger partial charge in [0.15, 0.2) is 0 Å². The Morgan fingerprint density at radius 1 is 0.682 bits per heavy atom. The molecule has 0 aliphatic heterocycles. The summed E-state index contributed by atoms with van der Waals surface area (Å²) in [5.41, 5.74) is 4.29. The molecule has 0 saturated carbocycles. The van der Waals surface area contributed by atoms with Crippen LogP contribution in [0.2, 0.25) is 0 Å². The normalized spacial score (nSPS) is 10.4. The predicted molar refractivity (Wildman–Crippen MR) is 88.6 cm³/mol. The summed E-state index contributed by atoms with van der Waals surface area (Å²) in [5.74, 6) is 0.854. The summed E-state index contributed by atoms with van der Waals surface area (Å²) in [4.78, 5) is 0. The molecule has 3 rings (SSSR count). The molecule has 0 aliphatic carbocycles. The van der Waals surface area contributed by atoms with E-state index in [9.17, 15) is 0 Å². The minimum atomic E-state index is 0.0699. The lowest BCUT2D eigenvalue weighted by molar-refractivity contribution is 0.282. The van der Waals surface area contributed by atoms with Crippen molar-refractivity contribution in [2.75, 3.05) is 0 Å². The minimum absolute atomic E-state index is 0.0699. The molecule has 0 atom stereocenters. The summed E-state index contributed by atoms with van der Waals surface area (Å²) in [6.45, 7) is 0.633. The van der Waals surface area contributed by atoms with E-state index in [0.29, 0.717) is 6.61 Å². The molecular formula is C20H18O2. The van der Waals surface area contributed by atoms with Crippen molar-refractivity contribution in [2.24, 2.45) is 0 Å². The zero-order chi connectivity index (χ0) is 15.2. The molecule has 110 valence electrons. The molecule has 0 radical (unpaired) electrons. The van der Waals surface area contributed by atoms with Gasteiger partial charge in [-0.25, -0.2) is 0 Å². The van der Waals surface area contributed by atoms with Crippen LogP contribution >= 0.6 is 0 Å². The van der Waals surface area contributed by atoms with Gasteiger partial charge in [0.1, 0.15) is 12.4 Å². The molecular weight excluding hydrogens is 272 g/mol. The second kappa shape index (κ2) is 6.92. The average molecular weight is 290 g/mol. The van der Waals surface area contributed by atoms with Crippen molar-refractivity contribution < 1.29 is 9.84 Å². The maximum absolute atomic E-state index is 9.10. The van der Waals surface area contributed by atoms with E-state index >= 15 is 0 Å². The maximum Gasteiger partial charge on any atom is 0.120 e. The van der Waals surface area contributed by atoms with Gasteiger partial charge in [0.05, 0.1) is 6.61 Å². The maximum atomic E-state index is 9.10. The summed E-state index contributed by atoms with van der Waals surface area (Å²) in [6.07, 6.45) is 0. The first-order valence-electron chi connectivity index (χ1n) is 7.32. The third-order valence-electron chi connectivity index (χ3n) is 3.55. The van der Waals surface area contributed by atoms with Gasteiger partial charge in [-0.15, -0.1) is 0 Å². The van der Waals surface area contributed by atoms with Crippen LogP contribution in [0.25, 0.3) is 11.1 Å². The SMILES string of the molecule is OCc1ccc(-c2cccc(OCc3ccccc3)c2)cc1. The zero-order valence-corrected chi connectivity index (χ0v) is 12.3.